The number of carbonyl (C=O) groups is 1. The third-order valence-corrected chi connectivity index (χ3v) is 1.43. The second-order valence-corrected chi connectivity index (χ2v) is 2.36. The molecule has 0 saturated heterocycles. The molecule has 0 bridgehead atoms. The SMILES string of the molecule is C=C(/C=C(\C)CC)C(=O)OC. The van der Waals surface area contributed by atoms with E-state index in [0.29, 0.717) is 5.57 Å². The zero-order chi connectivity index (χ0) is 8.85. The van der Waals surface area contributed by atoms with Gasteiger partial charge in [-0.15, -0.1) is 0 Å². The van der Waals surface area contributed by atoms with Crippen molar-refractivity contribution >= 4 is 5.97 Å². The lowest BCUT2D eigenvalue weighted by Gasteiger charge is -1.98. The van der Waals surface area contributed by atoms with Crippen molar-refractivity contribution in [3.63, 3.8) is 0 Å². The molecule has 62 valence electrons. The molecule has 0 aliphatic carbocycles. The minimum Gasteiger partial charge on any atom is -0.465 e. The molecule has 0 aromatic carbocycles. The molecule has 0 saturated carbocycles. The summed E-state index contributed by atoms with van der Waals surface area (Å²) in [6, 6.07) is 0. The van der Waals surface area contributed by atoms with Crippen LogP contribution >= 0.6 is 0 Å². The molecule has 0 aromatic heterocycles. The molecule has 0 heterocycles. The zero-order valence-electron chi connectivity index (χ0n) is 7.31. The summed E-state index contributed by atoms with van der Waals surface area (Å²) in [4.78, 5) is 10.8. The summed E-state index contributed by atoms with van der Waals surface area (Å²) < 4.78 is 4.47. The van der Waals surface area contributed by atoms with Gasteiger partial charge in [-0.05, 0) is 19.4 Å². The molecular formula is C9H14O2. The molecule has 0 rings (SSSR count). The Morgan fingerprint density at radius 2 is 2.18 bits per heavy atom. The van der Waals surface area contributed by atoms with Gasteiger partial charge in [0.15, 0.2) is 0 Å². The van der Waals surface area contributed by atoms with Gasteiger partial charge < -0.3 is 4.74 Å². The van der Waals surface area contributed by atoms with Crippen molar-refractivity contribution in [1.29, 1.82) is 0 Å². The van der Waals surface area contributed by atoms with Crippen LogP contribution in [-0.2, 0) is 9.53 Å². The number of allylic oxidation sites excluding steroid dienone is 1. The first-order chi connectivity index (χ1) is 5.11. The highest BCUT2D eigenvalue weighted by molar-refractivity contribution is 5.90. The quantitative estimate of drug-likeness (QED) is 0.353. The summed E-state index contributed by atoms with van der Waals surface area (Å²) >= 11 is 0. The predicted molar refractivity (Wildman–Crippen MR) is 45.2 cm³/mol. The Labute approximate surface area is 67.6 Å². The fourth-order valence-corrected chi connectivity index (χ4v) is 0.590. The van der Waals surface area contributed by atoms with Gasteiger partial charge in [0.1, 0.15) is 0 Å². The van der Waals surface area contributed by atoms with Crippen LogP contribution in [0.25, 0.3) is 0 Å². The van der Waals surface area contributed by atoms with E-state index in [1.165, 1.54) is 7.11 Å². The van der Waals surface area contributed by atoms with Crippen molar-refractivity contribution in [2.75, 3.05) is 7.11 Å². The van der Waals surface area contributed by atoms with Crippen molar-refractivity contribution < 1.29 is 9.53 Å². The van der Waals surface area contributed by atoms with Crippen LogP contribution in [0.15, 0.2) is 23.8 Å². The molecule has 2 heteroatoms. The van der Waals surface area contributed by atoms with E-state index in [9.17, 15) is 4.79 Å². The average Bonchev–Trinajstić information content (AvgIpc) is 2.02. The molecule has 0 aliphatic heterocycles. The third-order valence-electron chi connectivity index (χ3n) is 1.43. The lowest BCUT2D eigenvalue weighted by Crippen LogP contribution is -2.01. The minimum atomic E-state index is -0.363. The van der Waals surface area contributed by atoms with E-state index in [2.05, 4.69) is 11.3 Å². The van der Waals surface area contributed by atoms with Gasteiger partial charge in [-0.25, -0.2) is 4.79 Å². The van der Waals surface area contributed by atoms with Gasteiger partial charge in [-0.1, -0.05) is 19.1 Å². The minimum absolute atomic E-state index is 0.363. The van der Waals surface area contributed by atoms with Gasteiger partial charge in [-0.2, -0.15) is 0 Å². The van der Waals surface area contributed by atoms with Crippen LogP contribution < -0.4 is 0 Å². The summed E-state index contributed by atoms with van der Waals surface area (Å²) in [5.74, 6) is -0.363. The van der Waals surface area contributed by atoms with E-state index in [1.54, 1.807) is 6.08 Å². The van der Waals surface area contributed by atoms with Crippen LogP contribution in [0.5, 0.6) is 0 Å². The number of carbonyl (C=O) groups excluding carboxylic acids is 1. The highest BCUT2D eigenvalue weighted by Gasteiger charge is 2.01. The van der Waals surface area contributed by atoms with Gasteiger partial charge in [0.25, 0.3) is 0 Å². The zero-order valence-corrected chi connectivity index (χ0v) is 7.31. The van der Waals surface area contributed by atoms with Gasteiger partial charge >= 0.3 is 5.97 Å². The summed E-state index contributed by atoms with van der Waals surface area (Å²) in [7, 11) is 1.35. The normalized spacial score (nSPS) is 11.0. The van der Waals surface area contributed by atoms with E-state index in [4.69, 9.17) is 0 Å². The fraction of sp³-hybridized carbons (Fsp3) is 0.444. The van der Waals surface area contributed by atoms with Crippen LogP contribution in [0, 0.1) is 0 Å². The molecule has 0 radical (unpaired) electrons. The molecule has 0 atom stereocenters. The Kier molecular flexibility index (Phi) is 4.27. The van der Waals surface area contributed by atoms with Crippen LogP contribution in [0.3, 0.4) is 0 Å². The molecule has 0 N–H and O–H groups in total. The first-order valence-electron chi connectivity index (χ1n) is 3.56. The molecule has 0 aromatic rings. The number of ether oxygens (including phenoxy) is 1. The predicted octanol–water partition coefficient (Wildman–Crippen LogP) is 2.07. The third kappa shape index (κ3) is 3.61. The summed E-state index contributed by atoms with van der Waals surface area (Å²) in [6.45, 7) is 7.54. The Balaban J connectivity index is 4.17. The van der Waals surface area contributed by atoms with E-state index in [0.717, 1.165) is 12.0 Å². The molecule has 0 spiro atoms. The van der Waals surface area contributed by atoms with Crippen molar-refractivity contribution in [1.82, 2.24) is 0 Å². The summed E-state index contributed by atoms with van der Waals surface area (Å²) in [5.41, 5.74) is 1.53. The largest absolute Gasteiger partial charge is 0.465 e. The molecule has 0 aliphatic rings. The topological polar surface area (TPSA) is 26.3 Å². The summed E-state index contributed by atoms with van der Waals surface area (Å²) in [5, 5.41) is 0. The van der Waals surface area contributed by atoms with Crippen molar-refractivity contribution in [3.8, 4) is 0 Å². The van der Waals surface area contributed by atoms with Crippen molar-refractivity contribution in [3.05, 3.63) is 23.8 Å². The summed E-state index contributed by atoms with van der Waals surface area (Å²) in [6.07, 6.45) is 2.67. The lowest BCUT2D eigenvalue weighted by molar-refractivity contribution is -0.135. The Morgan fingerprint density at radius 1 is 1.64 bits per heavy atom. The number of hydrogen-bond donors (Lipinski definition) is 0. The molecule has 0 unspecified atom stereocenters. The molecule has 11 heavy (non-hydrogen) atoms. The maximum absolute atomic E-state index is 10.8. The van der Waals surface area contributed by atoms with E-state index < -0.39 is 0 Å². The number of esters is 1. The van der Waals surface area contributed by atoms with Crippen LogP contribution in [0.2, 0.25) is 0 Å². The standard InChI is InChI=1S/C9H14O2/c1-5-7(2)6-8(3)9(10)11-4/h6H,3,5H2,1-2,4H3/b7-6+. The fourth-order valence-electron chi connectivity index (χ4n) is 0.590. The Morgan fingerprint density at radius 3 is 2.55 bits per heavy atom. The van der Waals surface area contributed by atoms with Crippen molar-refractivity contribution in [2.24, 2.45) is 0 Å². The first kappa shape index (κ1) is 9.95. The van der Waals surface area contributed by atoms with Gasteiger partial charge in [0, 0.05) is 0 Å². The lowest BCUT2D eigenvalue weighted by atomic mass is 10.1. The van der Waals surface area contributed by atoms with Gasteiger partial charge in [0.05, 0.1) is 12.7 Å². The Hall–Kier alpha value is -1.05. The average molecular weight is 154 g/mol. The molecule has 0 amide bonds. The highest BCUT2D eigenvalue weighted by atomic mass is 16.5. The maximum Gasteiger partial charge on any atom is 0.337 e. The van der Waals surface area contributed by atoms with E-state index >= 15 is 0 Å². The van der Waals surface area contributed by atoms with E-state index in [-0.39, 0.29) is 5.97 Å². The highest BCUT2D eigenvalue weighted by Crippen LogP contribution is 2.04. The monoisotopic (exact) mass is 154 g/mol. The first-order valence-corrected chi connectivity index (χ1v) is 3.56. The second kappa shape index (κ2) is 4.72. The van der Waals surface area contributed by atoms with Gasteiger partial charge in [-0.3, -0.25) is 0 Å². The molecule has 2 nitrogen and oxygen atoms in total. The number of rotatable bonds is 3. The smallest absolute Gasteiger partial charge is 0.337 e. The van der Waals surface area contributed by atoms with Gasteiger partial charge in [0.2, 0.25) is 0 Å². The Bertz CT molecular complexity index is 190. The van der Waals surface area contributed by atoms with Crippen LogP contribution in [-0.4, -0.2) is 13.1 Å². The number of methoxy groups -OCH3 is 1. The van der Waals surface area contributed by atoms with Crippen LogP contribution in [0.1, 0.15) is 20.3 Å². The van der Waals surface area contributed by atoms with E-state index in [1.807, 2.05) is 13.8 Å². The maximum atomic E-state index is 10.8. The van der Waals surface area contributed by atoms with Crippen LogP contribution in [0.4, 0.5) is 0 Å². The van der Waals surface area contributed by atoms with Crippen molar-refractivity contribution in [2.45, 2.75) is 20.3 Å². The number of hydrogen-bond acceptors (Lipinski definition) is 2. The molecule has 0 fully saturated rings. The second-order valence-electron chi connectivity index (χ2n) is 2.36. The molecular weight excluding hydrogens is 140 g/mol.